The minimum Gasteiger partial charge on any atom is -0.375 e. The molecule has 1 aliphatic heterocycles. The monoisotopic (exact) mass is 256 g/mol. The first-order valence-electron chi connectivity index (χ1n) is 7.52. The largest absolute Gasteiger partial charge is 0.375 e. The second-order valence-electron chi connectivity index (χ2n) is 6.50. The van der Waals surface area contributed by atoms with Crippen LogP contribution in [0.25, 0.3) is 0 Å². The zero-order valence-corrected chi connectivity index (χ0v) is 13.0. The third-order valence-electron chi connectivity index (χ3n) is 3.59. The third kappa shape index (κ3) is 6.17. The normalized spacial score (nSPS) is 23.5. The Hall–Kier alpha value is -0.120. The molecule has 1 heterocycles. The van der Waals surface area contributed by atoms with E-state index >= 15 is 0 Å². The van der Waals surface area contributed by atoms with Crippen LogP contribution >= 0.6 is 0 Å². The SMILES string of the molecule is CCCCN1CCN(CCOC(C)(C)C)C[C@H]1C. The molecule has 0 aliphatic carbocycles. The predicted octanol–water partition coefficient (Wildman–Crippen LogP) is 2.61. The third-order valence-corrected chi connectivity index (χ3v) is 3.59. The first kappa shape index (κ1) is 15.9. The summed E-state index contributed by atoms with van der Waals surface area (Å²) in [6.07, 6.45) is 2.63. The lowest BCUT2D eigenvalue weighted by atomic mass is 10.1. The quantitative estimate of drug-likeness (QED) is 0.726. The van der Waals surface area contributed by atoms with Gasteiger partial charge in [-0.3, -0.25) is 9.80 Å². The fourth-order valence-electron chi connectivity index (χ4n) is 2.45. The van der Waals surface area contributed by atoms with Gasteiger partial charge in [-0.25, -0.2) is 0 Å². The van der Waals surface area contributed by atoms with E-state index < -0.39 is 0 Å². The molecule has 0 saturated carbocycles. The van der Waals surface area contributed by atoms with E-state index in [4.69, 9.17) is 4.74 Å². The summed E-state index contributed by atoms with van der Waals surface area (Å²) in [5, 5.41) is 0. The molecule has 1 aliphatic rings. The van der Waals surface area contributed by atoms with E-state index in [2.05, 4.69) is 44.4 Å². The molecular weight excluding hydrogens is 224 g/mol. The predicted molar refractivity (Wildman–Crippen MR) is 78.1 cm³/mol. The second-order valence-corrected chi connectivity index (χ2v) is 6.50. The molecule has 1 saturated heterocycles. The maximum Gasteiger partial charge on any atom is 0.0600 e. The van der Waals surface area contributed by atoms with Crippen molar-refractivity contribution < 1.29 is 4.74 Å². The molecule has 3 heteroatoms. The van der Waals surface area contributed by atoms with Crippen molar-refractivity contribution in [2.45, 2.75) is 59.1 Å². The van der Waals surface area contributed by atoms with E-state index in [-0.39, 0.29) is 5.60 Å². The Morgan fingerprint density at radius 2 is 1.89 bits per heavy atom. The van der Waals surface area contributed by atoms with E-state index in [0.717, 1.165) is 13.2 Å². The van der Waals surface area contributed by atoms with Crippen LogP contribution in [0.1, 0.15) is 47.5 Å². The first-order valence-corrected chi connectivity index (χ1v) is 7.52. The fraction of sp³-hybridized carbons (Fsp3) is 1.00. The summed E-state index contributed by atoms with van der Waals surface area (Å²) in [5.41, 5.74) is -0.00539. The number of hydrogen-bond acceptors (Lipinski definition) is 3. The highest BCUT2D eigenvalue weighted by atomic mass is 16.5. The molecule has 0 N–H and O–H groups in total. The average Bonchev–Trinajstić information content (AvgIpc) is 2.26. The van der Waals surface area contributed by atoms with Gasteiger partial charge in [0, 0.05) is 32.2 Å². The summed E-state index contributed by atoms with van der Waals surface area (Å²) in [6.45, 7) is 17.8. The maximum absolute atomic E-state index is 5.80. The molecule has 1 atom stereocenters. The maximum atomic E-state index is 5.80. The van der Waals surface area contributed by atoms with E-state index in [0.29, 0.717) is 6.04 Å². The molecule has 108 valence electrons. The lowest BCUT2D eigenvalue weighted by molar-refractivity contribution is -0.0219. The fourth-order valence-corrected chi connectivity index (χ4v) is 2.45. The summed E-state index contributed by atoms with van der Waals surface area (Å²) in [7, 11) is 0. The van der Waals surface area contributed by atoms with Crippen molar-refractivity contribution in [1.29, 1.82) is 0 Å². The van der Waals surface area contributed by atoms with Crippen molar-refractivity contribution in [3.05, 3.63) is 0 Å². The van der Waals surface area contributed by atoms with Gasteiger partial charge in [0.2, 0.25) is 0 Å². The van der Waals surface area contributed by atoms with Crippen LogP contribution in [0.3, 0.4) is 0 Å². The van der Waals surface area contributed by atoms with Crippen LogP contribution < -0.4 is 0 Å². The number of unbranched alkanes of at least 4 members (excludes halogenated alkanes) is 1. The molecule has 0 aromatic rings. The zero-order chi connectivity index (χ0) is 13.6. The van der Waals surface area contributed by atoms with Crippen LogP contribution in [0, 0.1) is 0 Å². The minimum absolute atomic E-state index is 0.00539. The van der Waals surface area contributed by atoms with Crippen LogP contribution in [-0.4, -0.2) is 60.8 Å². The number of piperazine rings is 1. The molecule has 0 radical (unpaired) electrons. The van der Waals surface area contributed by atoms with Crippen molar-refractivity contribution in [3.8, 4) is 0 Å². The summed E-state index contributed by atoms with van der Waals surface area (Å²) >= 11 is 0. The van der Waals surface area contributed by atoms with Gasteiger partial charge in [0.25, 0.3) is 0 Å². The smallest absolute Gasteiger partial charge is 0.0600 e. The van der Waals surface area contributed by atoms with E-state index in [1.54, 1.807) is 0 Å². The van der Waals surface area contributed by atoms with Crippen LogP contribution in [-0.2, 0) is 4.74 Å². The van der Waals surface area contributed by atoms with Gasteiger partial charge >= 0.3 is 0 Å². The molecule has 3 nitrogen and oxygen atoms in total. The molecule has 0 bridgehead atoms. The molecule has 0 aromatic carbocycles. The van der Waals surface area contributed by atoms with Crippen molar-refractivity contribution >= 4 is 0 Å². The highest BCUT2D eigenvalue weighted by Gasteiger charge is 2.23. The molecular formula is C15H32N2O. The van der Waals surface area contributed by atoms with E-state index in [1.807, 2.05) is 0 Å². The van der Waals surface area contributed by atoms with Crippen LogP contribution in [0.15, 0.2) is 0 Å². The van der Waals surface area contributed by atoms with Gasteiger partial charge in [-0.05, 0) is 40.7 Å². The second kappa shape index (κ2) is 7.46. The number of nitrogens with zero attached hydrogens (tertiary/aromatic N) is 2. The van der Waals surface area contributed by atoms with Gasteiger partial charge in [0.15, 0.2) is 0 Å². The standard InChI is InChI=1S/C15H32N2O/c1-6-7-8-17-10-9-16(13-14(17)2)11-12-18-15(3,4)5/h14H,6-13H2,1-5H3/t14-/m1/s1. The van der Waals surface area contributed by atoms with Crippen LogP contribution in [0.2, 0.25) is 0 Å². The Bertz CT molecular complexity index is 225. The van der Waals surface area contributed by atoms with Gasteiger partial charge in [-0.2, -0.15) is 0 Å². The minimum atomic E-state index is -0.00539. The van der Waals surface area contributed by atoms with Gasteiger partial charge in [0.05, 0.1) is 12.2 Å². The summed E-state index contributed by atoms with van der Waals surface area (Å²) in [6, 6.07) is 0.694. The molecule has 0 amide bonds. The molecule has 0 unspecified atom stereocenters. The van der Waals surface area contributed by atoms with E-state index in [9.17, 15) is 0 Å². The van der Waals surface area contributed by atoms with Crippen LogP contribution in [0.5, 0.6) is 0 Å². The molecule has 18 heavy (non-hydrogen) atoms. The molecule has 0 spiro atoms. The lowest BCUT2D eigenvalue weighted by Gasteiger charge is -2.40. The number of ether oxygens (including phenoxy) is 1. The lowest BCUT2D eigenvalue weighted by Crippen LogP contribution is -2.52. The van der Waals surface area contributed by atoms with E-state index in [1.165, 1.54) is 39.0 Å². The summed E-state index contributed by atoms with van der Waals surface area (Å²) < 4.78 is 5.80. The Balaban J connectivity index is 2.20. The summed E-state index contributed by atoms with van der Waals surface area (Å²) in [4.78, 5) is 5.17. The molecule has 1 fully saturated rings. The van der Waals surface area contributed by atoms with Gasteiger partial charge in [0.1, 0.15) is 0 Å². The summed E-state index contributed by atoms with van der Waals surface area (Å²) in [5.74, 6) is 0. The molecule has 0 aromatic heterocycles. The Labute approximate surface area is 113 Å². The topological polar surface area (TPSA) is 15.7 Å². The molecule has 1 rings (SSSR count). The average molecular weight is 256 g/mol. The highest BCUT2D eigenvalue weighted by molar-refractivity contribution is 4.79. The Morgan fingerprint density at radius 3 is 2.44 bits per heavy atom. The van der Waals surface area contributed by atoms with Crippen molar-refractivity contribution in [2.24, 2.45) is 0 Å². The van der Waals surface area contributed by atoms with Crippen molar-refractivity contribution in [2.75, 3.05) is 39.3 Å². The Kier molecular flexibility index (Phi) is 6.61. The first-order chi connectivity index (χ1) is 8.42. The zero-order valence-electron chi connectivity index (χ0n) is 13.0. The Morgan fingerprint density at radius 1 is 1.17 bits per heavy atom. The van der Waals surface area contributed by atoms with Gasteiger partial charge in [-0.15, -0.1) is 0 Å². The van der Waals surface area contributed by atoms with Crippen molar-refractivity contribution in [3.63, 3.8) is 0 Å². The van der Waals surface area contributed by atoms with Gasteiger partial charge < -0.3 is 4.74 Å². The van der Waals surface area contributed by atoms with Crippen LogP contribution in [0.4, 0.5) is 0 Å². The highest BCUT2D eigenvalue weighted by Crippen LogP contribution is 2.11. The number of hydrogen-bond donors (Lipinski definition) is 0. The van der Waals surface area contributed by atoms with Gasteiger partial charge in [-0.1, -0.05) is 13.3 Å². The number of rotatable bonds is 6. The van der Waals surface area contributed by atoms with Crippen molar-refractivity contribution in [1.82, 2.24) is 9.80 Å².